The molecule has 0 aliphatic carbocycles. The Labute approximate surface area is 78.1 Å². The summed E-state index contributed by atoms with van der Waals surface area (Å²) < 4.78 is 12.8. The summed E-state index contributed by atoms with van der Waals surface area (Å²) in [5.41, 5.74) is 4.49. The SMILES string of the molecule is NC(=O)c1c(F)ccc(Cl)c1Cl. The lowest BCUT2D eigenvalue weighted by Crippen LogP contribution is -2.13. The second-order valence-electron chi connectivity index (χ2n) is 2.08. The fourth-order valence-corrected chi connectivity index (χ4v) is 1.16. The van der Waals surface area contributed by atoms with E-state index in [0.29, 0.717) is 0 Å². The van der Waals surface area contributed by atoms with Crippen LogP contribution in [0.1, 0.15) is 10.4 Å². The lowest BCUT2D eigenvalue weighted by molar-refractivity contribution is 0.0996. The van der Waals surface area contributed by atoms with Crippen LogP contribution in [0.2, 0.25) is 10.0 Å². The number of amides is 1. The van der Waals surface area contributed by atoms with Crippen molar-refractivity contribution in [2.45, 2.75) is 0 Å². The number of hydrogen-bond donors (Lipinski definition) is 1. The minimum Gasteiger partial charge on any atom is -0.365 e. The zero-order chi connectivity index (χ0) is 9.30. The molecule has 2 nitrogen and oxygen atoms in total. The number of carbonyl (C=O) groups is 1. The molecule has 0 aliphatic heterocycles. The first-order valence-electron chi connectivity index (χ1n) is 2.97. The summed E-state index contributed by atoms with van der Waals surface area (Å²) in [5.74, 6) is -1.70. The van der Waals surface area contributed by atoms with Crippen molar-refractivity contribution >= 4 is 29.1 Å². The van der Waals surface area contributed by atoms with Gasteiger partial charge in [0.1, 0.15) is 5.82 Å². The Morgan fingerprint density at radius 2 is 2.00 bits per heavy atom. The second kappa shape index (κ2) is 3.29. The highest BCUT2D eigenvalue weighted by Gasteiger charge is 2.15. The van der Waals surface area contributed by atoms with Crippen molar-refractivity contribution in [1.29, 1.82) is 0 Å². The van der Waals surface area contributed by atoms with E-state index in [2.05, 4.69) is 0 Å². The molecular formula is C7H4Cl2FNO. The number of benzene rings is 1. The predicted octanol–water partition coefficient (Wildman–Crippen LogP) is 2.23. The number of halogens is 3. The molecule has 0 atom stereocenters. The molecule has 1 aromatic rings. The molecule has 0 saturated carbocycles. The van der Waals surface area contributed by atoms with Gasteiger partial charge < -0.3 is 5.73 Å². The van der Waals surface area contributed by atoms with Crippen molar-refractivity contribution in [2.24, 2.45) is 5.73 Å². The number of hydrogen-bond acceptors (Lipinski definition) is 1. The highest BCUT2D eigenvalue weighted by Crippen LogP contribution is 2.27. The number of primary amides is 1. The van der Waals surface area contributed by atoms with Gasteiger partial charge >= 0.3 is 0 Å². The summed E-state index contributed by atoms with van der Waals surface area (Å²) >= 11 is 11.0. The first-order valence-corrected chi connectivity index (χ1v) is 3.73. The van der Waals surface area contributed by atoms with Gasteiger partial charge in [0.15, 0.2) is 0 Å². The van der Waals surface area contributed by atoms with Crippen LogP contribution >= 0.6 is 23.2 Å². The summed E-state index contributed by atoms with van der Waals surface area (Å²) in [7, 11) is 0. The van der Waals surface area contributed by atoms with Gasteiger partial charge in [0.25, 0.3) is 5.91 Å². The molecule has 0 aliphatic rings. The Hall–Kier alpha value is -0.800. The van der Waals surface area contributed by atoms with Crippen molar-refractivity contribution in [3.63, 3.8) is 0 Å². The van der Waals surface area contributed by atoms with Gasteiger partial charge in [-0.05, 0) is 12.1 Å². The number of nitrogens with two attached hydrogens (primary N) is 1. The lowest BCUT2D eigenvalue weighted by Gasteiger charge is -2.02. The summed E-state index contributed by atoms with van der Waals surface area (Å²) in [6.45, 7) is 0. The average molecular weight is 208 g/mol. The van der Waals surface area contributed by atoms with E-state index in [1.165, 1.54) is 6.07 Å². The topological polar surface area (TPSA) is 43.1 Å². The number of carbonyl (C=O) groups excluding carboxylic acids is 1. The minimum absolute atomic E-state index is 0.104. The van der Waals surface area contributed by atoms with E-state index in [-0.39, 0.29) is 15.6 Å². The van der Waals surface area contributed by atoms with Crippen LogP contribution in [0.5, 0.6) is 0 Å². The van der Waals surface area contributed by atoms with E-state index >= 15 is 0 Å². The van der Waals surface area contributed by atoms with Gasteiger partial charge in [-0.2, -0.15) is 0 Å². The third kappa shape index (κ3) is 1.52. The maximum Gasteiger partial charge on any atom is 0.253 e. The lowest BCUT2D eigenvalue weighted by atomic mass is 10.2. The smallest absolute Gasteiger partial charge is 0.253 e. The van der Waals surface area contributed by atoms with Gasteiger partial charge in [0.2, 0.25) is 0 Å². The van der Waals surface area contributed by atoms with Crippen LogP contribution in [0.15, 0.2) is 12.1 Å². The van der Waals surface area contributed by atoms with Crippen LogP contribution in [-0.4, -0.2) is 5.91 Å². The standard InChI is InChI=1S/C7H4Cl2FNO/c8-3-1-2-4(10)5(6(3)9)7(11)12/h1-2H,(H2,11,12). The average Bonchev–Trinajstić information content (AvgIpc) is 1.97. The largest absolute Gasteiger partial charge is 0.365 e. The molecule has 5 heteroatoms. The van der Waals surface area contributed by atoms with Gasteiger partial charge in [0, 0.05) is 0 Å². The molecular weight excluding hydrogens is 204 g/mol. The summed E-state index contributed by atoms with van der Waals surface area (Å²) in [4.78, 5) is 10.6. The molecule has 12 heavy (non-hydrogen) atoms. The maximum absolute atomic E-state index is 12.8. The fourth-order valence-electron chi connectivity index (χ4n) is 0.753. The number of rotatable bonds is 1. The predicted molar refractivity (Wildman–Crippen MR) is 44.9 cm³/mol. The highest BCUT2D eigenvalue weighted by atomic mass is 35.5. The molecule has 0 spiro atoms. The molecule has 1 amide bonds. The van der Waals surface area contributed by atoms with E-state index in [4.69, 9.17) is 28.9 Å². The Morgan fingerprint density at radius 3 is 2.42 bits per heavy atom. The van der Waals surface area contributed by atoms with Crippen molar-refractivity contribution < 1.29 is 9.18 Å². The van der Waals surface area contributed by atoms with Crippen LogP contribution in [0.25, 0.3) is 0 Å². The molecule has 0 fully saturated rings. The Kier molecular flexibility index (Phi) is 2.55. The molecule has 0 saturated heterocycles. The molecule has 0 radical (unpaired) electrons. The van der Waals surface area contributed by atoms with Gasteiger partial charge in [0.05, 0.1) is 15.6 Å². The second-order valence-corrected chi connectivity index (χ2v) is 2.87. The first kappa shape index (κ1) is 9.29. The minimum atomic E-state index is -0.931. The summed E-state index contributed by atoms with van der Waals surface area (Å²) in [5, 5.41) is -0.0453. The molecule has 1 rings (SSSR count). The molecule has 64 valence electrons. The monoisotopic (exact) mass is 207 g/mol. The van der Waals surface area contributed by atoms with Crippen LogP contribution < -0.4 is 5.73 Å². The Bertz CT molecular complexity index is 340. The Balaban J connectivity index is 3.43. The van der Waals surface area contributed by atoms with Crippen molar-refractivity contribution in [1.82, 2.24) is 0 Å². The summed E-state index contributed by atoms with van der Waals surface area (Å²) in [6, 6.07) is 2.29. The zero-order valence-corrected chi connectivity index (χ0v) is 7.29. The quantitative estimate of drug-likeness (QED) is 0.706. The maximum atomic E-state index is 12.8. The normalized spacial score (nSPS) is 9.92. The van der Waals surface area contributed by atoms with Crippen LogP contribution in [0.3, 0.4) is 0 Å². The van der Waals surface area contributed by atoms with Crippen molar-refractivity contribution in [3.05, 3.63) is 33.6 Å². The van der Waals surface area contributed by atoms with Gasteiger partial charge in [-0.3, -0.25) is 4.79 Å². The van der Waals surface area contributed by atoms with Crippen LogP contribution in [0.4, 0.5) is 4.39 Å². The molecule has 0 aromatic heterocycles. The van der Waals surface area contributed by atoms with E-state index < -0.39 is 11.7 Å². The molecule has 0 unspecified atom stereocenters. The van der Waals surface area contributed by atoms with Crippen LogP contribution in [0, 0.1) is 5.82 Å². The first-order chi connectivity index (χ1) is 5.54. The molecule has 1 aromatic carbocycles. The molecule has 0 bridgehead atoms. The van der Waals surface area contributed by atoms with E-state index in [1.54, 1.807) is 0 Å². The van der Waals surface area contributed by atoms with E-state index in [9.17, 15) is 9.18 Å². The Morgan fingerprint density at radius 1 is 1.42 bits per heavy atom. The third-order valence-electron chi connectivity index (χ3n) is 1.29. The van der Waals surface area contributed by atoms with E-state index in [1.807, 2.05) is 0 Å². The van der Waals surface area contributed by atoms with Crippen molar-refractivity contribution in [2.75, 3.05) is 0 Å². The van der Waals surface area contributed by atoms with E-state index in [0.717, 1.165) is 6.07 Å². The summed E-state index contributed by atoms with van der Waals surface area (Å²) in [6.07, 6.45) is 0. The molecule has 0 heterocycles. The third-order valence-corrected chi connectivity index (χ3v) is 2.09. The zero-order valence-electron chi connectivity index (χ0n) is 5.77. The van der Waals surface area contributed by atoms with Gasteiger partial charge in [-0.1, -0.05) is 23.2 Å². The van der Waals surface area contributed by atoms with Crippen molar-refractivity contribution in [3.8, 4) is 0 Å². The van der Waals surface area contributed by atoms with Crippen LogP contribution in [-0.2, 0) is 0 Å². The molecule has 2 N–H and O–H groups in total. The van der Waals surface area contributed by atoms with Gasteiger partial charge in [-0.25, -0.2) is 4.39 Å². The van der Waals surface area contributed by atoms with Gasteiger partial charge in [-0.15, -0.1) is 0 Å². The fraction of sp³-hybridized carbons (Fsp3) is 0. The highest BCUT2D eigenvalue weighted by molar-refractivity contribution is 6.43.